The van der Waals surface area contributed by atoms with Crippen LogP contribution in [-0.4, -0.2) is 41.6 Å². The third-order valence-corrected chi connectivity index (χ3v) is 5.52. The van der Waals surface area contributed by atoms with Crippen LogP contribution in [0.2, 0.25) is 0 Å². The molecular weight excluding hydrogens is 304 g/mol. The van der Waals surface area contributed by atoms with Crippen LogP contribution in [-0.2, 0) is 4.74 Å². The lowest BCUT2D eigenvalue weighted by Crippen LogP contribution is -2.45. The van der Waals surface area contributed by atoms with E-state index in [0.717, 1.165) is 27.6 Å². The van der Waals surface area contributed by atoms with Gasteiger partial charge in [0.2, 0.25) is 0 Å². The van der Waals surface area contributed by atoms with Crippen molar-refractivity contribution in [2.24, 2.45) is 0 Å². The van der Waals surface area contributed by atoms with Gasteiger partial charge in [0.05, 0.1) is 18.4 Å². The number of carbonyl (C=O) groups excluding carboxylic acids is 1. The van der Waals surface area contributed by atoms with Crippen LogP contribution in [0.5, 0.6) is 0 Å². The minimum absolute atomic E-state index is 0.0910. The van der Waals surface area contributed by atoms with Crippen LogP contribution < -0.4 is 0 Å². The summed E-state index contributed by atoms with van der Waals surface area (Å²) in [7, 11) is 0. The Hall–Kier alpha value is -1.24. The second-order valence-electron chi connectivity index (χ2n) is 5.10. The maximum atomic E-state index is 12.7. The number of amides is 1. The summed E-state index contributed by atoms with van der Waals surface area (Å²) in [6, 6.07) is 2.04. The minimum Gasteiger partial charge on any atom is -0.375 e. The third-order valence-electron chi connectivity index (χ3n) is 3.64. The molecule has 0 aliphatic carbocycles. The molecule has 1 saturated heterocycles. The van der Waals surface area contributed by atoms with Crippen molar-refractivity contribution < 1.29 is 9.53 Å². The predicted molar refractivity (Wildman–Crippen MR) is 86.1 cm³/mol. The lowest BCUT2D eigenvalue weighted by molar-refractivity contribution is -0.0224. The highest BCUT2D eigenvalue weighted by atomic mass is 32.1. The minimum atomic E-state index is 0.0910. The van der Waals surface area contributed by atoms with E-state index in [9.17, 15) is 4.79 Å². The van der Waals surface area contributed by atoms with Crippen LogP contribution in [0.1, 0.15) is 28.7 Å². The van der Waals surface area contributed by atoms with Crippen molar-refractivity contribution in [1.29, 1.82) is 0 Å². The van der Waals surface area contributed by atoms with Gasteiger partial charge in [-0.15, -0.1) is 11.3 Å². The molecule has 0 bridgehead atoms. The number of ether oxygens (including phenoxy) is 1. The van der Waals surface area contributed by atoms with Gasteiger partial charge >= 0.3 is 0 Å². The first-order chi connectivity index (χ1) is 10.2. The van der Waals surface area contributed by atoms with Crippen LogP contribution in [0.4, 0.5) is 0 Å². The number of hydrogen-bond donors (Lipinski definition) is 0. The summed E-state index contributed by atoms with van der Waals surface area (Å²) in [6.07, 6.45) is 1.10. The van der Waals surface area contributed by atoms with Crippen molar-refractivity contribution in [2.45, 2.75) is 26.4 Å². The highest BCUT2D eigenvalue weighted by molar-refractivity contribution is 7.17. The lowest BCUT2D eigenvalue weighted by atomic mass is 10.2. The summed E-state index contributed by atoms with van der Waals surface area (Å²) in [5.41, 5.74) is 1.92. The molecule has 1 fully saturated rings. The Morgan fingerprint density at radius 2 is 2.43 bits per heavy atom. The number of nitrogens with zero attached hydrogens (tertiary/aromatic N) is 2. The first kappa shape index (κ1) is 14.7. The summed E-state index contributed by atoms with van der Waals surface area (Å²) >= 11 is 3.14. The third kappa shape index (κ3) is 3.02. The highest BCUT2D eigenvalue weighted by Gasteiger charge is 2.27. The van der Waals surface area contributed by atoms with E-state index in [2.05, 4.69) is 17.3 Å². The van der Waals surface area contributed by atoms with Gasteiger partial charge in [0.25, 0.3) is 5.91 Å². The van der Waals surface area contributed by atoms with Gasteiger partial charge in [-0.2, -0.15) is 11.3 Å². The van der Waals surface area contributed by atoms with Gasteiger partial charge in [-0.1, -0.05) is 6.92 Å². The number of hydrogen-bond acceptors (Lipinski definition) is 5. The molecule has 4 nitrogen and oxygen atoms in total. The molecule has 0 aromatic carbocycles. The monoisotopic (exact) mass is 322 g/mol. The molecule has 1 amide bonds. The van der Waals surface area contributed by atoms with Crippen molar-refractivity contribution in [3.05, 3.63) is 27.4 Å². The Morgan fingerprint density at radius 3 is 3.14 bits per heavy atom. The van der Waals surface area contributed by atoms with Crippen molar-refractivity contribution in [2.75, 3.05) is 19.7 Å². The molecule has 3 rings (SSSR count). The summed E-state index contributed by atoms with van der Waals surface area (Å²) in [5.74, 6) is 0.0910. The number of aryl methyl sites for hydroxylation is 1. The van der Waals surface area contributed by atoms with E-state index in [1.54, 1.807) is 11.3 Å². The second-order valence-corrected chi connectivity index (χ2v) is 6.88. The molecule has 1 atom stereocenters. The first-order valence-corrected chi connectivity index (χ1v) is 8.86. The Kier molecular flexibility index (Phi) is 4.37. The normalized spacial score (nSPS) is 19.0. The molecule has 0 saturated carbocycles. The average Bonchev–Trinajstić information content (AvgIpc) is 3.16. The van der Waals surface area contributed by atoms with E-state index in [1.807, 2.05) is 23.3 Å². The fourth-order valence-electron chi connectivity index (χ4n) is 2.40. The van der Waals surface area contributed by atoms with Crippen LogP contribution in [0.15, 0.2) is 16.8 Å². The number of carbonyl (C=O) groups is 1. The standard InChI is InChI=1S/C15H18N2O2S2/c1-3-12-8-17(5-6-19-12)15(18)13-10(2)16-14(21-13)11-4-7-20-9-11/h4,7,9,12H,3,5-6,8H2,1-2H3. The van der Waals surface area contributed by atoms with Crippen LogP contribution in [0.3, 0.4) is 0 Å². The smallest absolute Gasteiger partial charge is 0.266 e. The predicted octanol–water partition coefficient (Wildman–Crippen LogP) is 3.43. The highest BCUT2D eigenvalue weighted by Crippen LogP contribution is 2.30. The molecule has 0 spiro atoms. The Labute approximate surface area is 132 Å². The molecule has 21 heavy (non-hydrogen) atoms. The Morgan fingerprint density at radius 1 is 1.57 bits per heavy atom. The van der Waals surface area contributed by atoms with E-state index in [4.69, 9.17) is 4.74 Å². The largest absolute Gasteiger partial charge is 0.375 e. The van der Waals surface area contributed by atoms with Crippen LogP contribution >= 0.6 is 22.7 Å². The maximum absolute atomic E-state index is 12.7. The quantitative estimate of drug-likeness (QED) is 0.869. The zero-order valence-corrected chi connectivity index (χ0v) is 13.8. The number of morpholine rings is 1. The lowest BCUT2D eigenvalue weighted by Gasteiger charge is -2.32. The van der Waals surface area contributed by atoms with Crippen LogP contribution in [0, 0.1) is 6.92 Å². The molecule has 3 heterocycles. The molecule has 2 aromatic rings. The van der Waals surface area contributed by atoms with Gasteiger partial charge < -0.3 is 9.64 Å². The van der Waals surface area contributed by atoms with Crippen molar-refractivity contribution >= 4 is 28.6 Å². The van der Waals surface area contributed by atoms with Crippen LogP contribution in [0.25, 0.3) is 10.6 Å². The molecule has 1 aliphatic rings. The molecule has 0 N–H and O–H groups in total. The van der Waals surface area contributed by atoms with E-state index in [1.165, 1.54) is 11.3 Å². The summed E-state index contributed by atoms with van der Waals surface area (Å²) in [6.45, 7) is 5.98. The van der Waals surface area contributed by atoms with Gasteiger partial charge in [0.15, 0.2) is 0 Å². The van der Waals surface area contributed by atoms with Gasteiger partial charge in [-0.05, 0) is 24.8 Å². The van der Waals surface area contributed by atoms with Crippen molar-refractivity contribution in [1.82, 2.24) is 9.88 Å². The van der Waals surface area contributed by atoms with Crippen molar-refractivity contribution in [3.8, 4) is 10.6 Å². The van der Waals surface area contributed by atoms with E-state index in [-0.39, 0.29) is 12.0 Å². The van der Waals surface area contributed by atoms with Gasteiger partial charge in [-0.3, -0.25) is 4.79 Å². The molecule has 2 aromatic heterocycles. The molecule has 0 radical (unpaired) electrons. The topological polar surface area (TPSA) is 42.4 Å². The number of aromatic nitrogens is 1. The molecule has 1 aliphatic heterocycles. The fraction of sp³-hybridized carbons (Fsp3) is 0.467. The first-order valence-electron chi connectivity index (χ1n) is 7.10. The Balaban J connectivity index is 1.81. The number of thiazole rings is 1. The fourth-order valence-corrected chi connectivity index (χ4v) is 4.14. The average molecular weight is 322 g/mol. The van der Waals surface area contributed by atoms with E-state index in [0.29, 0.717) is 19.7 Å². The summed E-state index contributed by atoms with van der Waals surface area (Å²) < 4.78 is 5.63. The molecule has 1 unspecified atom stereocenters. The number of rotatable bonds is 3. The van der Waals surface area contributed by atoms with E-state index >= 15 is 0 Å². The molecular formula is C15H18N2O2S2. The zero-order chi connectivity index (χ0) is 14.8. The second kappa shape index (κ2) is 6.25. The summed E-state index contributed by atoms with van der Waals surface area (Å²) in [5, 5.41) is 5.02. The Bertz CT molecular complexity index is 622. The van der Waals surface area contributed by atoms with Crippen molar-refractivity contribution in [3.63, 3.8) is 0 Å². The number of thiophene rings is 1. The summed E-state index contributed by atoms with van der Waals surface area (Å²) in [4.78, 5) is 19.9. The zero-order valence-electron chi connectivity index (χ0n) is 12.2. The maximum Gasteiger partial charge on any atom is 0.266 e. The van der Waals surface area contributed by atoms with Gasteiger partial charge in [-0.25, -0.2) is 4.98 Å². The van der Waals surface area contributed by atoms with Gasteiger partial charge in [0, 0.05) is 24.0 Å². The van der Waals surface area contributed by atoms with E-state index < -0.39 is 0 Å². The SMILES string of the molecule is CCC1CN(C(=O)c2sc(-c3ccsc3)nc2C)CCO1. The molecule has 112 valence electrons. The molecule has 6 heteroatoms. The van der Waals surface area contributed by atoms with Gasteiger partial charge in [0.1, 0.15) is 9.88 Å².